The van der Waals surface area contributed by atoms with E-state index in [1.165, 1.54) is 19.6 Å². The summed E-state index contributed by atoms with van der Waals surface area (Å²) in [5.74, 6) is -3.29. The molecular formula is C60H91ClN2O15. The normalized spacial score (nSPS) is 40.8. The second kappa shape index (κ2) is 26.2. The van der Waals surface area contributed by atoms with Gasteiger partial charge >= 0.3 is 5.97 Å². The van der Waals surface area contributed by atoms with Crippen LogP contribution in [-0.4, -0.2) is 183 Å². The molecule has 3 aliphatic heterocycles. The lowest BCUT2D eigenvalue weighted by Gasteiger charge is -2.48. The van der Waals surface area contributed by atoms with Gasteiger partial charge in [0.2, 0.25) is 11.6 Å². The highest BCUT2D eigenvalue weighted by Gasteiger charge is 2.53. The zero-order valence-electron chi connectivity index (χ0n) is 48.4. The van der Waals surface area contributed by atoms with Crippen molar-refractivity contribution < 1.29 is 73.4 Å². The molecule has 18 atom stereocenters. The van der Waals surface area contributed by atoms with Crippen LogP contribution in [0.1, 0.15) is 148 Å². The molecule has 0 aromatic heterocycles. The molecular weight excluding hydrogens is 1020 g/mol. The Morgan fingerprint density at radius 2 is 1.41 bits per heavy atom. The third-order valence-corrected chi connectivity index (χ3v) is 18.1. The minimum Gasteiger partial charge on any atom is -0.507 e. The number of allylic oxidation sites excluding steroid dienone is 1. The van der Waals surface area contributed by atoms with Crippen LogP contribution in [0.15, 0.2) is 54.1 Å². The topological polar surface area (TPSA) is 234 Å². The number of Topliss-reactive ketones (excluding diaryl/α,β-unsaturated/α-hetero) is 2. The Balaban J connectivity index is 0.000000312. The molecule has 2 aromatic rings. The van der Waals surface area contributed by atoms with E-state index in [9.17, 15) is 45.0 Å². The smallest absolute Gasteiger partial charge is 0.311 e. The average Bonchev–Trinajstić information content (AvgIpc) is 3.45. The Morgan fingerprint density at radius 1 is 0.808 bits per heavy atom. The Labute approximate surface area is 467 Å². The number of ketones is 2. The lowest BCUT2D eigenvalue weighted by Crippen LogP contribution is -2.60. The van der Waals surface area contributed by atoms with Gasteiger partial charge in [-0.05, 0) is 150 Å². The van der Waals surface area contributed by atoms with Crippen LogP contribution in [0.5, 0.6) is 0 Å². The van der Waals surface area contributed by atoms with Crippen molar-refractivity contribution in [2.45, 2.75) is 217 Å². The first kappa shape index (κ1) is 63.8. The second-order valence-corrected chi connectivity index (χ2v) is 24.7. The molecule has 18 heteroatoms. The SMILES string of the molecule is CC[C@H]1OC(=O)[C@H](C)[C@@H](OC2CC(C)(OC)C(O)C(C)O2)[C@H](C)[C@@H](OC2OC(C)CC(N(C)C)C2O)[C@](C)(O)C[C@@H](C)CN(C)[C@H](C)[C@@H](O)[C@]1(C)O.O=C1C(=O)c2ccccc2C(O)=C1C1CCC(c2ccc(Cl)cc2)CC1. The number of rotatable bonds is 9. The van der Waals surface area contributed by atoms with Gasteiger partial charge in [0.05, 0.1) is 41.5 Å². The molecule has 0 spiro atoms. The summed E-state index contributed by atoms with van der Waals surface area (Å²) in [7, 11) is 7.12. The molecule has 7 rings (SSSR count). The van der Waals surface area contributed by atoms with Crippen molar-refractivity contribution in [3.63, 3.8) is 0 Å². The van der Waals surface area contributed by atoms with Gasteiger partial charge in [0.15, 0.2) is 12.6 Å². The maximum absolute atomic E-state index is 14.2. The van der Waals surface area contributed by atoms with Crippen molar-refractivity contribution in [2.75, 3.05) is 34.8 Å². The van der Waals surface area contributed by atoms with Gasteiger partial charge in [0, 0.05) is 59.8 Å². The molecule has 438 valence electrons. The van der Waals surface area contributed by atoms with Crippen molar-refractivity contribution in [3.8, 4) is 0 Å². The average molecular weight is 1120 g/mol. The first-order valence-electron chi connectivity index (χ1n) is 28.1. The highest BCUT2D eigenvalue weighted by Crippen LogP contribution is 2.44. The van der Waals surface area contributed by atoms with Crippen molar-refractivity contribution >= 4 is 34.9 Å². The zero-order chi connectivity index (χ0) is 57.9. The fourth-order valence-electron chi connectivity index (χ4n) is 13.0. The van der Waals surface area contributed by atoms with Crippen molar-refractivity contribution in [2.24, 2.45) is 23.7 Å². The number of halogens is 1. The van der Waals surface area contributed by atoms with E-state index < -0.39 is 108 Å². The Kier molecular flexibility index (Phi) is 21.5. The van der Waals surface area contributed by atoms with E-state index >= 15 is 0 Å². The minimum atomic E-state index is -1.80. The summed E-state index contributed by atoms with van der Waals surface area (Å²) < 4.78 is 37.5. The molecule has 1 saturated carbocycles. The van der Waals surface area contributed by atoms with Gasteiger partial charge in [-0.1, -0.05) is 68.8 Å². The molecule has 5 aliphatic rings. The highest BCUT2D eigenvalue weighted by molar-refractivity contribution is 6.52. The third kappa shape index (κ3) is 14.1. The number of cyclic esters (lactones) is 1. The molecule has 6 N–H and O–H groups in total. The number of aliphatic hydroxyl groups is 6. The Hall–Kier alpha value is -3.40. The number of benzene rings is 2. The molecule has 0 radical (unpaired) electrons. The van der Waals surface area contributed by atoms with Gasteiger partial charge in [-0.3, -0.25) is 14.4 Å². The molecule has 0 amide bonds. The summed E-state index contributed by atoms with van der Waals surface area (Å²) in [5, 5.41) is 69.5. The monoisotopic (exact) mass is 1110 g/mol. The van der Waals surface area contributed by atoms with Gasteiger partial charge in [-0.15, -0.1) is 0 Å². The fourth-order valence-corrected chi connectivity index (χ4v) is 13.1. The molecule has 8 unspecified atom stereocenters. The van der Waals surface area contributed by atoms with Crippen LogP contribution < -0.4 is 0 Å². The number of nitrogens with zero attached hydrogens (tertiary/aromatic N) is 2. The number of likely N-dealkylation sites (N-methyl/N-ethyl adjacent to an activating group) is 2. The van der Waals surface area contributed by atoms with Gasteiger partial charge in [0.25, 0.3) is 0 Å². The largest absolute Gasteiger partial charge is 0.507 e. The Morgan fingerprint density at radius 3 is 2.00 bits per heavy atom. The maximum atomic E-state index is 14.2. The van der Waals surface area contributed by atoms with Crippen LogP contribution in [0.2, 0.25) is 5.02 Å². The number of methoxy groups -OCH3 is 1. The summed E-state index contributed by atoms with van der Waals surface area (Å²) in [6, 6.07) is 13.9. The van der Waals surface area contributed by atoms with E-state index in [1.54, 1.807) is 65.8 Å². The van der Waals surface area contributed by atoms with Crippen LogP contribution >= 0.6 is 11.6 Å². The number of aliphatic hydroxyl groups excluding tert-OH is 4. The van der Waals surface area contributed by atoms with E-state index in [2.05, 4.69) is 12.1 Å². The van der Waals surface area contributed by atoms with E-state index in [-0.39, 0.29) is 49.0 Å². The van der Waals surface area contributed by atoms with Gasteiger partial charge in [-0.25, -0.2) is 0 Å². The molecule has 3 saturated heterocycles. The molecule has 17 nitrogen and oxygen atoms in total. The first-order chi connectivity index (χ1) is 36.5. The van der Waals surface area contributed by atoms with Crippen LogP contribution in [0, 0.1) is 23.7 Å². The van der Waals surface area contributed by atoms with Crippen LogP contribution in [0.25, 0.3) is 5.76 Å². The number of hydrogen-bond acceptors (Lipinski definition) is 17. The zero-order valence-corrected chi connectivity index (χ0v) is 49.2. The van der Waals surface area contributed by atoms with E-state index in [0.717, 1.165) is 30.7 Å². The molecule has 2 aromatic carbocycles. The van der Waals surface area contributed by atoms with E-state index in [1.807, 2.05) is 63.8 Å². The summed E-state index contributed by atoms with van der Waals surface area (Å²) in [5.41, 5.74) is -2.04. The lowest BCUT2D eigenvalue weighted by atomic mass is 9.72. The molecule has 2 aliphatic carbocycles. The standard InChI is InChI=1S/C38H72N2O12.C22H19ClO3/c1-15-27-38(10,46)31(42)24(6)40(13)19-20(2)17-36(8,45)33(52-35-29(41)26(39(11)12)16-21(3)48-35)22(4)30(23(5)34(44)50-27)51-28-18-37(9,47-14)32(43)25(7)49-28;23-16-11-9-14(10-12-16)13-5-7-15(8-6-13)19-20(24)17-3-1-2-4-18(17)21(25)22(19)26/h20-33,35,41-43,45-46H,15-19H2,1-14H3;1-4,9-13,15,24H,5-8H2/t20-,21?,22+,23-,24-,25?,26?,27-,28?,29?,30+,31-,32?,33-,35?,36-,37?,38-;/m1./s1. The van der Waals surface area contributed by atoms with Gasteiger partial charge in [-0.2, -0.15) is 0 Å². The molecule has 3 heterocycles. The van der Waals surface area contributed by atoms with Gasteiger partial charge < -0.3 is 68.9 Å². The number of carbonyl (C=O) groups is 3. The molecule has 78 heavy (non-hydrogen) atoms. The molecule has 0 bridgehead atoms. The Bertz CT molecular complexity index is 2370. The number of carbonyl (C=O) groups excluding carboxylic acids is 3. The highest BCUT2D eigenvalue weighted by atomic mass is 35.5. The fraction of sp³-hybridized carbons (Fsp3) is 0.717. The number of fused-ring (bicyclic) bond motifs is 1. The van der Waals surface area contributed by atoms with Crippen LogP contribution in [0.4, 0.5) is 0 Å². The van der Waals surface area contributed by atoms with Crippen molar-refractivity contribution in [1.29, 1.82) is 0 Å². The van der Waals surface area contributed by atoms with Gasteiger partial charge in [0.1, 0.15) is 35.8 Å². The maximum Gasteiger partial charge on any atom is 0.311 e. The summed E-state index contributed by atoms with van der Waals surface area (Å²) in [6.07, 6.45) is -4.77. The molecule has 4 fully saturated rings. The van der Waals surface area contributed by atoms with Crippen LogP contribution in [0.3, 0.4) is 0 Å². The van der Waals surface area contributed by atoms with Crippen molar-refractivity contribution in [3.05, 3.63) is 75.8 Å². The summed E-state index contributed by atoms with van der Waals surface area (Å²) >= 11 is 5.96. The first-order valence-corrected chi connectivity index (χ1v) is 28.5. The number of hydrogen-bond donors (Lipinski definition) is 6. The summed E-state index contributed by atoms with van der Waals surface area (Å²) in [4.78, 5) is 43.1. The predicted octanol–water partition coefficient (Wildman–Crippen LogP) is 7.25. The quantitative estimate of drug-likeness (QED) is 0.107. The van der Waals surface area contributed by atoms with Crippen LogP contribution in [-0.2, 0) is 38.0 Å². The second-order valence-electron chi connectivity index (χ2n) is 24.2. The van der Waals surface area contributed by atoms with E-state index in [4.69, 9.17) is 40.0 Å². The van der Waals surface area contributed by atoms with E-state index in [0.29, 0.717) is 35.6 Å². The minimum absolute atomic E-state index is 0.0138. The lowest BCUT2D eigenvalue weighted by molar-refractivity contribution is -0.318. The third-order valence-electron chi connectivity index (χ3n) is 17.8. The number of esters is 1. The number of ether oxygens (including phenoxy) is 6. The van der Waals surface area contributed by atoms with Crippen molar-refractivity contribution in [1.82, 2.24) is 9.80 Å². The summed E-state index contributed by atoms with van der Waals surface area (Å²) in [6.45, 7) is 18.0. The predicted molar refractivity (Wildman–Crippen MR) is 296 cm³/mol.